The number of rotatable bonds is 2. The fourth-order valence-electron chi connectivity index (χ4n) is 0.929. The lowest BCUT2D eigenvalue weighted by Gasteiger charge is -2.09. The maximum atomic E-state index is 13.1. The van der Waals surface area contributed by atoms with Crippen molar-refractivity contribution in [1.29, 1.82) is 0 Å². The maximum absolute atomic E-state index is 13.1. The summed E-state index contributed by atoms with van der Waals surface area (Å²) in [7, 11) is 0. The van der Waals surface area contributed by atoms with Gasteiger partial charge in [0.25, 0.3) is 0 Å². The molecule has 1 aromatic rings. The molecule has 66 valence electrons. The van der Waals surface area contributed by atoms with Gasteiger partial charge in [-0.3, -0.25) is 0 Å². The normalized spacial score (nSPS) is 13.0. The Hall–Kier alpha value is -0.640. The van der Waals surface area contributed by atoms with Crippen molar-refractivity contribution < 1.29 is 4.39 Å². The van der Waals surface area contributed by atoms with Crippen LogP contribution in [0.15, 0.2) is 18.2 Å². The molecule has 4 N–H and O–H groups in total. The van der Waals surface area contributed by atoms with Crippen molar-refractivity contribution in [1.82, 2.24) is 0 Å². The van der Waals surface area contributed by atoms with Gasteiger partial charge in [0, 0.05) is 23.2 Å². The lowest BCUT2D eigenvalue weighted by atomic mass is 10.1. The van der Waals surface area contributed by atoms with E-state index in [1.807, 2.05) is 0 Å². The van der Waals surface area contributed by atoms with Gasteiger partial charge in [-0.15, -0.1) is 0 Å². The Morgan fingerprint density at radius 1 is 1.50 bits per heavy atom. The Balaban J connectivity index is 3.01. The van der Waals surface area contributed by atoms with Crippen molar-refractivity contribution in [2.45, 2.75) is 6.04 Å². The second-order valence-electron chi connectivity index (χ2n) is 2.51. The molecule has 12 heavy (non-hydrogen) atoms. The molecule has 1 rings (SSSR count). The lowest BCUT2D eigenvalue weighted by molar-refractivity contribution is 0.584. The largest absolute Gasteiger partial charge is 0.329 e. The van der Waals surface area contributed by atoms with Crippen LogP contribution in [0.4, 0.5) is 4.39 Å². The zero-order valence-corrected chi connectivity index (χ0v) is 7.18. The lowest BCUT2D eigenvalue weighted by Crippen LogP contribution is -2.21. The average molecular weight is 189 g/mol. The standard InChI is InChI=1S/C8H10ClFN2/c9-5-1-2-6(7(10)3-5)8(12)4-11/h1-3,8H,4,11-12H2. The highest BCUT2D eigenvalue weighted by atomic mass is 35.5. The second-order valence-corrected chi connectivity index (χ2v) is 2.94. The molecule has 0 aliphatic heterocycles. The molecule has 1 unspecified atom stereocenters. The summed E-state index contributed by atoms with van der Waals surface area (Å²) >= 11 is 5.55. The zero-order valence-electron chi connectivity index (χ0n) is 6.43. The Kier molecular flexibility index (Phi) is 3.03. The first-order chi connectivity index (χ1) is 5.65. The van der Waals surface area contributed by atoms with E-state index >= 15 is 0 Å². The van der Waals surface area contributed by atoms with E-state index in [1.165, 1.54) is 6.07 Å². The number of halogens is 2. The molecule has 0 bridgehead atoms. The molecule has 0 fully saturated rings. The van der Waals surface area contributed by atoms with Crippen molar-refractivity contribution in [3.05, 3.63) is 34.6 Å². The first kappa shape index (κ1) is 9.45. The van der Waals surface area contributed by atoms with Crippen LogP contribution >= 0.6 is 11.6 Å². The molecule has 0 saturated heterocycles. The van der Waals surface area contributed by atoms with E-state index in [1.54, 1.807) is 12.1 Å². The number of hydrogen-bond donors (Lipinski definition) is 2. The summed E-state index contributed by atoms with van der Waals surface area (Å²) in [4.78, 5) is 0. The summed E-state index contributed by atoms with van der Waals surface area (Å²) in [6, 6.07) is 3.92. The van der Waals surface area contributed by atoms with Crippen molar-refractivity contribution in [3.8, 4) is 0 Å². The van der Waals surface area contributed by atoms with Crippen LogP contribution < -0.4 is 11.5 Å². The molecule has 0 amide bonds. The van der Waals surface area contributed by atoms with Crippen LogP contribution in [0.25, 0.3) is 0 Å². The van der Waals surface area contributed by atoms with Crippen LogP contribution in [0.3, 0.4) is 0 Å². The van der Waals surface area contributed by atoms with Gasteiger partial charge in [0.15, 0.2) is 0 Å². The summed E-state index contributed by atoms with van der Waals surface area (Å²) in [6.45, 7) is 0.221. The first-order valence-corrected chi connectivity index (χ1v) is 3.93. The van der Waals surface area contributed by atoms with Crippen LogP contribution in [-0.4, -0.2) is 6.54 Å². The summed E-state index contributed by atoms with van der Waals surface area (Å²) in [6.07, 6.45) is 0. The Labute approximate surface area is 75.3 Å². The van der Waals surface area contributed by atoms with Gasteiger partial charge in [0.2, 0.25) is 0 Å². The molecule has 0 aromatic heterocycles. The van der Waals surface area contributed by atoms with Crippen molar-refractivity contribution in [2.24, 2.45) is 11.5 Å². The van der Waals surface area contributed by atoms with Gasteiger partial charge in [-0.2, -0.15) is 0 Å². The minimum Gasteiger partial charge on any atom is -0.329 e. The van der Waals surface area contributed by atoms with Gasteiger partial charge in [0.05, 0.1) is 0 Å². The Morgan fingerprint density at radius 3 is 2.67 bits per heavy atom. The smallest absolute Gasteiger partial charge is 0.129 e. The van der Waals surface area contributed by atoms with Crippen LogP contribution in [-0.2, 0) is 0 Å². The van der Waals surface area contributed by atoms with Crippen molar-refractivity contribution >= 4 is 11.6 Å². The highest BCUT2D eigenvalue weighted by Gasteiger charge is 2.09. The molecule has 1 aromatic carbocycles. The van der Waals surface area contributed by atoms with Crippen LogP contribution in [0.1, 0.15) is 11.6 Å². The predicted molar refractivity (Wildman–Crippen MR) is 47.4 cm³/mol. The molecule has 0 spiro atoms. The molecule has 0 aliphatic carbocycles. The van der Waals surface area contributed by atoms with E-state index in [9.17, 15) is 4.39 Å². The van der Waals surface area contributed by atoms with Crippen LogP contribution in [0.2, 0.25) is 5.02 Å². The molecule has 2 nitrogen and oxygen atoms in total. The summed E-state index contributed by atoms with van der Waals surface area (Å²) in [5, 5.41) is 0.362. The van der Waals surface area contributed by atoms with Crippen LogP contribution in [0, 0.1) is 5.82 Å². The monoisotopic (exact) mass is 188 g/mol. The van der Waals surface area contributed by atoms with Crippen molar-refractivity contribution in [2.75, 3.05) is 6.54 Å². The molecular weight excluding hydrogens is 179 g/mol. The third kappa shape index (κ3) is 1.94. The number of nitrogens with two attached hydrogens (primary N) is 2. The summed E-state index contributed by atoms with van der Waals surface area (Å²) < 4.78 is 13.1. The van der Waals surface area contributed by atoms with Crippen molar-refractivity contribution in [3.63, 3.8) is 0 Å². The molecule has 0 heterocycles. The van der Waals surface area contributed by atoms with E-state index in [0.717, 1.165) is 0 Å². The summed E-state index contributed by atoms with van der Waals surface area (Å²) in [5.74, 6) is -0.402. The molecule has 4 heteroatoms. The minimum atomic E-state index is -0.456. The molecular formula is C8H10ClFN2. The molecule has 0 saturated carbocycles. The van der Waals surface area contributed by atoms with E-state index in [4.69, 9.17) is 23.1 Å². The van der Waals surface area contributed by atoms with E-state index in [2.05, 4.69) is 0 Å². The fourth-order valence-corrected chi connectivity index (χ4v) is 1.09. The SMILES string of the molecule is NCC(N)c1ccc(Cl)cc1F. The molecule has 0 aliphatic rings. The van der Waals surface area contributed by atoms with E-state index in [0.29, 0.717) is 10.6 Å². The number of benzene rings is 1. The zero-order chi connectivity index (χ0) is 9.14. The third-order valence-corrected chi connectivity index (χ3v) is 1.85. The number of hydrogen-bond acceptors (Lipinski definition) is 2. The first-order valence-electron chi connectivity index (χ1n) is 3.55. The second kappa shape index (κ2) is 3.85. The molecule has 0 radical (unpaired) electrons. The quantitative estimate of drug-likeness (QED) is 0.738. The van der Waals surface area contributed by atoms with Crippen LogP contribution in [0.5, 0.6) is 0 Å². The Bertz CT molecular complexity index is 278. The van der Waals surface area contributed by atoms with Gasteiger partial charge >= 0.3 is 0 Å². The fraction of sp³-hybridized carbons (Fsp3) is 0.250. The minimum absolute atomic E-state index is 0.221. The third-order valence-electron chi connectivity index (χ3n) is 1.62. The van der Waals surface area contributed by atoms with Gasteiger partial charge in [0.1, 0.15) is 5.82 Å². The topological polar surface area (TPSA) is 52.0 Å². The van der Waals surface area contributed by atoms with E-state index in [-0.39, 0.29) is 6.54 Å². The predicted octanol–water partition coefficient (Wildman–Crippen LogP) is 1.44. The maximum Gasteiger partial charge on any atom is 0.129 e. The highest BCUT2D eigenvalue weighted by Crippen LogP contribution is 2.18. The van der Waals surface area contributed by atoms with Gasteiger partial charge in [-0.25, -0.2) is 4.39 Å². The highest BCUT2D eigenvalue weighted by molar-refractivity contribution is 6.30. The van der Waals surface area contributed by atoms with E-state index < -0.39 is 11.9 Å². The van der Waals surface area contributed by atoms with Gasteiger partial charge in [-0.05, 0) is 12.1 Å². The average Bonchev–Trinajstić information content (AvgIpc) is 2.03. The Morgan fingerprint density at radius 2 is 2.17 bits per heavy atom. The molecule has 1 atom stereocenters. The van der Waals surface area contributed by atoms with Gasteiger partial charge < -0.3 is 11.5 Å². The summed E-state index contributed by atoms with van der Waals surface area (Å²) in [5.41, 5.74) is 11.2. The van der Waals surface area contributed by atoms with Gasteiger partial charge in [-0.1, -0.05) is 17.7 Å².